The summed E-state index contributed by atoms with van der Waals surface area (Å²) in [5.41, 5.74) is 0.660. The van der Waals surface area contributed by atoms with Crippen LogP contribution in [-0.4, -0.2) is 49.1 Å². The number of morpholine rings is 1. The minimum absolute atomic E-state index is 0.113. The number of benzene rings is 1. The number of nitrogens with zero attached hydrogens (tertiary/aromatic N) is 2. The Hall–Kier alpha value is -1.72. The molecule has 2 aliphatic heterocycles. The zero-order valence-electron chi connectivity index (χ0n) is 10.6. The average Bonchev–Trinajstić information content (AvgIpc) is 2.76. The predicted molar refractivity (Wildman–Crippen MR) is 69.7 cm³/mol. The Morgan fingerprint density at radius 2 is 1.74 bits per heavy atom. The normalized spacial score (nSPS) is 25.1. The van der Waals surface area contributed by atoms with Gasteiger partial charge in [0.25, 0.3) is 5.91 Å². The number of carbonyl (C=O) groups is 2. The second-order valence-corrected chi connectivity index (χ2v) is 4.77. The Labute approximate surface area is 111 Å². The topological polar surface area (TPSA) is 49.9 Å². The number of hydrogen-bond acceptors (Lipinski definition) is 4. The summed E-state index contributed by atoms with van der Waals surface area (Å²) in [6.07, 6.45) is 0.272. The van der Waals surface area contributed by atoms with Crippen molar-refractivity contribution in [1.82, 2.24) is 4.90 Å². The van der Waals surface area contributed by atoms with Crippen LogP contribution in [0.3, 0.4) is 0 Å². The van der Waals surface area contributed by atoms with Gasteiger partial charge in [-0.1, -0.05) is 18.2 Å². The van der Waals surface area contributed by atoms with Crippen LogP contribution in [0.1, 0.15) is 6.42 Å². The van der Waals surface area contributed by atoms with E-state index in [2.05, 4.69) is 0 Å². The fraction of sp³-hybridized carbons (Fsp3) is 0.429. The van der Waals surface area contributed by atoms with Crippen molar-refractivity contribution in [2.45, 2.75) is 12.5 Å². The van der Waals surface area contributed by atoms with Crippen molar-refractivity contribution in [3.05, 3.63) is 30.3 Å². The van der Waals surface area contributed by atoms with E-state index in [-0.39, 0.29) is 24.3 Å². The highest BCUT2D eigenvalue weighted by Gasteiger charge is 2.42. The average molecular weight is 260 g/mol. The van der Waals surface area contributed by atoms with Crippen LogP contribution in [0, 0.1) is 0 Å². The Morgan fingerprint density at radius 1 is 1.05 bits per heavy atom. The van der Waals surface area contributed by atoms with E-state index >= 15 is 0 Å². The highest BCUT2D eigenvalue weighted by molar-refractivity contribution is 6.22. The van der Waals surface area contributed by atoms with Gasteiger partial charge in [0.1, 0.15) is 0 Å². The monoisotopic (exact) mass is 260 g/mol. The molecule has 0 N–H and O–H groups in total. The van der Waals surface area contributed by atoms with Gasteiger partial charge in [0.15, 0.2) is 0 Å². The maximum atomic E-state index is 12.4. The number of para-hydroxylation sites is 1. The van der Waals surface area contributed by atoms with E-state index in [1.165, 1.54) is 4.90 Å². The quantitative estimate of drug-likeness (QED) is 0.733. The SMILES string of the molecule is O=C1CC(N2CCOCC2)C(=O)N1c1ccccc1. The maximum Gasteiger partial charge on any atom is 0.251 e. The number of amides is 2. The van der Waals surface area contributed by atoms with Crippen molar-refractivity contribution in [2.75, 3.05) is 31.2 Å². The van der Waals surface area contributed by atoms with Crippen LogP contribution in [0.5, 0.6) is 0 Å². The van der Waals surface area contributed by atoms with Gasteiger partial charge in [-0.2, -0.15) is 0 Å². The number of anilines is 1. The molecule has 0 aromatic heterocycles. The van der Waals surface area contributed by atoms with Crippen LogP contribution >= 0.6 is 0 Å². The second kappa shape index (κ2) is 5.11. The number of imide groups is 1. The van der Waals surface area contributed by atoms with E-state index in [4.69, 9.17) is 4.74 Å². The fourth-order valence-electron chi connectivity index (χ4n) is 2.64. The minimum Gasteiger partial charge on any atom is -0.379 e. The maximum absolute atomic E-state index is 12.4. The molecule has 2 amide bonds. The van der Waals surface area contributed by atoms with Gasteiger partial charge in [-0.25, -0.2) is 4.90 Å². The van der Waals surface area contributed by atoms with Crippen LogP contribution < -0.4 is 4.90 Å². The first-order valence-electron chi connectivity index (χ1n) is 6.51. The molecule has 0 radical (unpaired) electrons. The molecule has 0 spiro atoms. The number of hydrogen-bond donors (Lipinski definition) is 0. The lowest BCUT2D eigenvalue weighted by atomic mass is 10.2. The van der Waals surface area contributed by atoms with E-state index in [9.17, 15) is 9.59 Å². The standard InChI is InChI=1S/C14H16N2O3/c17-13-10-12(15-6-8-19-9-7-15)14(18)16(13)11-4-2-1-3-5-11/h1-5,12H,6-10H2. The van der Waals surface area contributed by atoms with Gasteiger partial charge in [-0.05, 0) is 12.1 Å². The van der Waals surface area contributed by atoms with Crippen LogP contribution in [0.15, 0.2) is 30.3 Å². The number of carbonyl (C=O) groups excluding carboxylic acids is 2. The van der Waals surface area contributed by atoms with Crippen LogP contribution in [0.2, 0.25) is 0 Å². The third-order valence-electron chi connectivity index (χ3n) is 3.62. The molecule has 1 atom stereocenters. The summed E-state index contributed by atoms with van der Waals surface area (Å²) in [6.45, 7) is 2.69. The number of rotatable bonds is 2. The summed E-state index contributed by atoms with van der Waals surface area (Å²) in [7, 11) is 0. The first-order valence-corrected chi connectivity index (χ1v) is 6.51. The van der Waals surface area contributed by atoms with E-state index in [1.54, 1.807) is 12.1 Å². The summed E-state index contributed by atoms with van der Waals surface area (Å²) in [5.74, 6) is -0.231. The lowest BCUT2D eigenvalue weighted by Crippen LogP contribution is -2.47. The van der Waals surface area contributed by atoms with E-state index in [0.29, 0.717) is 32.0 Å². The summed E-state index contributed by atoms with van der Waals surface area (Å²) in [5, 5.41) is 0. The molecule has 5 heteroatoms. The molecule has 1 unspecified atom stereocenters. The van der Waals surface area contributed by atoms with Gasteiger partial charge in [0.2, 0.25) is 5.91 Å². The molecule has 2 saturated heterocycles. The summed E-state index contributed by atoms with van der Waals surface area (Å²) < 4.78 is 5.28. The molecule has 1 aromatic carbocycles. The molecule has 2 fully saturated rings. The Kier molecular flexibility index (Phi) is 3.31. The largest absolute Gasteiger partial charge is 0.379 e. The van der Waals surface area contributed by atoms with Gasteiger partial charge in [0, 0.05) is 13.1 Å². The lowest BCUT2D eigenvalue weighted by Gasteiger charge is -2.30. The first-order chi connectivity index (χ1) is 9.27. The lowest BCUT2D eigenvalue weighted by molar-refractivity contribution is -0.123. The summed E-state index contributed by atoms with van der Waals surface area (Å²) >= 11 is 0. The first kappa shape index (κ1) is 12.3. The van der Waals surface area contributed by atoms with Gasteiger partial charge < -0.3 is 4.74 Å². The second-order valence-electron chi connectivity index (χ2n) is 4.77. The molecular weight excluding hydrogens is 244 g/mol. The molecule has 100 valence electrons. The molecule has 2 heterocycles. The molecule has 0 saturated carbocycles. The zero-order chi connectivity index (χ0) is 13.2. The van der Waals surface area contributed by atoms with Gasteiger partial charge in [-0.3, -0.25) is 14.5 Å². The molecule has 2 aliphatic rings. The molecule has 5 nitrogen and oxygen atoms in total. The van der Waals surface area contributed by atoms with E-state index in [1.807, 2.05) is 23.1 Å². The Balaban J connectivity index is 1.81. The fourth-order valence-corrected chi connectivity index (χ4v) is 2.64. The summed E-state index contributed by atoms with van der Waals surface area (Å²) in [6, 6.07) is 8.79. The van der Waals surface area contributed by atoms with Crippen molar-refractivity contribution in [1.29, 1.82) is 0 Å². The minimum atomic E-state index is -0.323. The third-order valence-corrected chi connectivity index (χ3v) is 3.62. The third kappa shape index (κ3) is 2.27. The van der Waals surface area contributed by atoms with Crippen molar-refractivity contribution >= 4 is 17.5 Å². The number of ether oxygens (including phenoxy) is 1. The van der Waals surface area contributed by atoms with Crippen LogP contribution in [0.4, 0.5) is 5.69 Å². The van der Waals surface area contributed by atoms with Crippen LogP contribution in [-0.2, 0) is 14.3 Å². The molecule has 1 aromatic rings. The van der Waals surface area contributed by atoms with Crippen molar-refractivity contribution < 1.29 is 14.3 Å². The molecular formula is C14H16N2O3. The van der Waals surface area contributed by atoms with Crippen LogP contribution in [0.25, 0.3) is 0 Å². The van der Waals surface area contributed by atoms with Gasteiger partial charge >= 0.3 is 0 Å². The predicted octanol–water partition coefficient (Wildman–Crippen LogP) is 0.651. The molecule has 0 aliphatic carbocycles. The smallest absolute Gasteiger partial charge is 0.251 e. The highest BCUT2D eigenvalue weighted by atomic mass is 16.5. The zero-order valence-corrected chi connectivity index (χ0v) is 10.6. The summed E-state index contributed by atoms with van der Waals surface area (Å²) in [4.78, 5) is 27.9. The Bertz CT molecular complexity index is 483. The highest BCUT2D eigenvalue weighted by Crippen LogP contribution is 2.25. The van der Waals surface area contributed by atoms with E-state index in [0.717, 1.165) is 0 Å². The molecule has 0 bridgehead atoms. The van der Waals surface area contributed by atoms with E-state index < -0.39 is 0 Å². The van der Waals surface area contributed by atoms with Crippen molar-refractivity contribution in [3.8, 4) is 0 Å². The molecule has 3 rings (SSSR count). The Morgan fingerprint density at radius 3 is 2.42 bits per heavy atom. The molecule has 19 heavy (non-hydrogen) atoms. The van der Waals surface area contributed by atoms with Crippen molar-refractivity contribution in [3.63, 3.8) is 0 Å². The van der Waals surface area contributed by atoms with Gasteiger partial charge in [0.05, 0.1) is 31.4 Å². The van der Waals surface area contributed by atoms with Crippen molar-refractivity contribution in [2.24, 2.45) is 0 Å². The van der Waals surface area contributed by atoms with Gasteiger partial charge in [-0.15, -0.1) is 0 Å².